The number of hydrogen-bond acceptors (Lipinski definition) is 5. The van der Waals surface area contributed by atoms with Crippen LogP contribution in [0.25, 0.3) is 0 Å². The van der Waals surface area contributed by atoms with Crippen LogP contribution in [0.2, 0.25) is 0 Å². The fourth-order valence-electron chi connectivity index (χ4n) is 3.88. The smallest absolute Gasteiger partial charge is 0.216 e. The summed E-state index contributed by atoms with van der Waals surface area (Å²) in [6, 6.07) is 26.6. The van der Waals surface area contributed by atoms with Gasteiger partial charge in [0, 0.05) is 6.07 Å². The lowest BCUT2D eigenvalue weighted by Gasteiger charge is -2.21. The summed E-state index contributed by atoms with van der Waals surface area (Å²) < 4.78 is 59.5. The molecule has 4 aromatic carbocycles. The predicted molar refractivity (Wildman–Crippen MR) is 125 cm³/mol. The zero-order valence-electron chi connectivity index (χ0n) is 17.5. The summed E-state index contributed by atoms with van der Waals surface area (Å²) in [7, 11) is -7.08. The number of rotatable bonds is 4. The predicted octanol–water partition coefficient (Wildman–Crippen LogP) is 4.77. The van der Waals surface area contributed by atoms with Gasteiger partial charge in [0.1, 0.15) is 31.3 Å². The normalized spacial score (nSPS) is 14.8. The van der Waals surface area contributed by atoms with Crippen LogP contribution in [0.3, 0.4) is 0 Å². The lowest BCUT2D eigenvalue weighted by molar-refractivity contribution is 0.413. The first-order chi connectivity index (χ1) is 15.9. The maximum absolute atomic E-state index is 13.7. The second-order valence-electron chi connectivity index (χ2n) is 7.33. The number of methoxy groups -OCH3 is 1. The lowest BCUT2D eigenvalue weighted by atomic mass is 10.3. The highest BCUT2D eigenvalue weighted by Gasteiger charge is 2.47. The highest BCUT2D eigenvalue weighted by molar-refractivity contribution is 8.01. The maximum atomic E-state index is 13.7. The third-order valence-electron chi connectivity index (χ3n) is 5.43. The van der Waals surface area contributed by atoms with Crippen LogP contribution in [0, 0.1) is 0 Å². The van der Waals surface area contributed by atoms with Gasteiger partial charge in [-0.25, -0.2) is 16.8 Å². The van der Waals surface area contributed by atoms with Crippen molar-refractivity contribution in [3.63, 3.8) is 0 Å². The Morgan fingerprint density at radius 2 is 1.24 bits per heavy atom. The van der Waals surface area contributed by atoms with Crippen molar-refractivity contribution in [2.75, 3.05) is 7.11 Å². The first-order valence-corrected chi connectivity index (χ1v) is 14.2. The van der Waals surface area contributed by atoms with Crippen LogP contribution in [0.1, 0.15) is 0 Å². The minimum absolute atomic E-state index is 0.127. The SMILES string of the molecule is COc1ccc(S(=O)(=O)c2ccccc2)c([S+]2c3ccccc3S(=O)(=O)c3ccccc32)c1. The Kier molecular flexibility index (Phi) is 5.31. The zero-order chi connectivity index (χ0) is 23.2. The van der Waals surface area contributed by atoms with E-state index in [9.17, 15) is 16.8 Å². The summed E-state index contributed by atoms with van der Waals surface area (Å²) in [5.41, 5.74) is 0. The lowest BCUT2D eigenvalue weighted by Crippen LogP contribution is -2.22. The topological polar surface area (TPSA) is 77.5 Å². The molecular formula is C25H19O5S3+. The molecule has 0 atom stereocenters. The Hall–Kier alpha value is -3.07. The van der Waals surface area contributed by atoms with Crippen LogP contribution in [0.4, 0.5) is 0 Å². The Labute approximate surface area is 195 Å². The number of fused-ring (bicyclic) bond motifs is 2. The number of ether oxygens (including phenoxy) is 1. The summed E-state index contributed by atoms with van der Waals surface area (Å²) in [5.74, 6) is 0.493. The molecule has 1 aliphatic rings. The molecule has 5 nitrogen and oxygen atoms in total. The Bertz CT molecular complexity index is 1520. The van der Waals surface area contributed by atoms with E-state index in [0.29, 0.717) is 20.4 Å². The van der Waals surface area contributed by atoms with Crippen molar-refractivity contribution in [3.05, 3.63) is 97.1 Å². The van der Waals surface area contributed by atoms with Crippen molar-refractivity contribution in [2.24, 2.45) is 0 Å². The van der Waals surface area contributed by atoms with E-state index in [-0.39, 0.29) is 19.6 Å². The van der Waals surface area contributed by atoms with Gasteiger partial charge in [-0.1, -0.05) is 42.5 Å². The molecule has 0 fully saturated rings. The highest BCUT2D eigenvalue weighted by atomic mass is 32.2. The van der Waals surface area contributed by atoms with Gasteiger partial charge in [0.25, 0.3) is 0 Å². The monoisotopic (exact) mass is 495 g/mol. The molecule has 166 valence electrons. The van der Waals surface area contributed by atoms with Gasteiger partial charge in [0.15, 0.2) is 14.7 Å². The van der Waals surface area contributed by atoms with Gasteiger partial charge in [-0.05, 0) is 48.5 Å². The molecule has 5 rings (SSSR count). The molecule has 0 amide bonds. The molecule has 8 heteroatoms. The minimum Gasteiger partial charge on any atom is -0.497 e. The third kappa shape index (κ3) is 3.45. The molecule has 0 bridgehead atoms. The second-order valence-corrected chi connectivity index (χ2v) is 13.1. The molecule has 0 unspecified atom stereocenters. The summed E-state index contributed by atoms with van der Waals surface area (Å²) >= 11 is 0. The Morgan fingerprint density at radius 3 is 1.82 bits per heavy atom. The first-order valence-electron chi connectivity index (χ1n) is 10.0. The molecule has 33 heavy (non-hydrogen) atoms. The summed E-state index contributed by atoms with van der Waals surface area (Å²) in [6.07, 6.45) is 0. The minimum atomic E-state index is -3.88. The Balaban J connectivity index is 1.86. The Morgan fingerprint density at radius 1 is 0.697 bits per heavy atom. The number of sulfone groups is 2. The molecule has 0 aromatic heterocycles. The van der Waals surface area contributed by atoms with Crippen molar-refractivity contribution in [1.29, 1.82) is 0 Å². The van der Waals surface area contributed by atoms with E-state index in [0.717, 1.165) is 0 Å². The third-order valence-corrected chi connectivity index (χ3v) is 11.9. The molecule has 4 aromatic rings. The molecule has 0 saturated carbocycles. The van der Waals surface area contributed by atoms with E-state index < -0.39 is 30.6 Å². The average molecular weight is 496 g/mol. The van der Waals surface area contributed by atoms with Crippen LogP contribution in [0.15, 0.2) is 131 Å². The van der Waals surface area contributed by atoms with Crippen LogP contribution >= 0.6 is 0 Å². The summed E-state index contributed by atoms with van der Waals surface area (Å²) in [4.78, 5) is 2.31. The standard InChI is InChI=1S/C25H19O5S3/c1-30-18-15-16-25(32(26,27)19-9-3-2-4-10-19)22(17-18)31-20-11-5-7-13-23(20)33(28,29)24-14-8-6-12-21(24)31/h2-17H,1H3/q+1. The maximum Gasteiger partial charge on any atom is 0.216 e. The van der Waals surface area contributed by atoms with Crippen molar-refractivity contribution in [3.8, 4) is 5.75 Å². The van der Waals surface area contributed by atoms with Gasteiger partial charge in [-0.15, -0.1) is 0 Å². The van der Waals surface area contributed by atoms with E-state index >= 15 is 0 Å². The zero-order valence-corrected chi connectivity index (χ0v) is 20.0. The first kappa shape index (κ1) is 21.8. The molecule has 0 radical (unpaired) electrons. The summed E-state index contributed by atoms with van der Waals surface area (Å²) in [5, 5.41) is 0. The fraction of sp³-hybridized carbons (Fsp3) is 0.0400. The van der Waals surface area contributed by atoms with Gasteiger partial charge >= 0.3 is 0 Å². The van der Waals surface area contributed by atoms with Crippen LogP contribution in [-0.4, -0.2) is 23.9 Å². The summed E-state index contributed by atoms with van der Waals surface area (Å²) in [6.45, 7) is 0. The van der Waals surface area contributed by atoms with Gasteiger partial charge < -0.3 is 4.74 Å². The number of benzene rings is 4. The molecule has 1 aliphatic heterocycles. The van der Waals surface area contributed by atoms with Crippen molar-refractivity contribution in [2.45, 2.75) is 34.3 Å². The number of hydrogen-bond donors (Lipinski definition) is 0. The van der Waals surface area contributed by atoms with E-state index in [2.05, 4.69) is 0 Å². The quantitative estimate of drug-likeness (QED) is 0.336. The average Bonchev–Trinajstić information content (AvgIpc) is 2.85. The molecule has 1 heterocycles. The molecular weight excluding hydrogens is 476 g/mol. The van der Waals surface area contributed by atoms with E-state index in [1.807, 2.05) is 0 Å². The molecule has 0 aliphatic carbocycles. The highest BCUT2D eigenvalue weighted by Crippen LogP contribution is 2.47. The van der Waals surface area contributed by atoms with Crippen molar-refractivity contribution < 1.29 is 21.6 Å². The fourth-order valence-corrected chi connectivity index (χ4v) is 10.6. The van der Waals surface area contributed by atoms with E-state index in [1.165, 1.54) is 13.2 Å². The van der Waals surface area contributed by atoms with Gasteiger partial charge in [-0.3, -0.25) is 0 Å². The van der Waals surface area contributed by atoms with Gasteiger partial charge in [0.2, 0.25) is 19.7 Å². The van der Waals surface area contributed by atoms with Crippen LogP contribution < -0.4 is 4.74 Å². The molecule has 0 saturated heterocycles. The van der Waals surface area contributed by atoms with E-state index in [1.54, 1.807) is 91.0 Å². The van der Waals surface area contributed by atoms with Crippen molar-refractivity contribution in [1.82, 2.24) is 0 Å². The molecule has 0 N–H and O–H groups in total. The van der Waals surface area contributed by atoms with Gasteiger partial charge in [0.05, 0.1) is 12.0 Å². The van der Waals surface area contributed by atoms with Crippen LogP contribution in [-0.2, 0) is 30.6 Å². The van der Waals surface area contributed by atoms with E-state index in [4.69, 9.17) is 4.74 Å². The molecule has 0 spiro atoms. The van der Waals surface area contributed by atoms with Gasteiger partial charge in [-0.2, -0.15) is 0 Å². The second kappa shape index (κ2) is 8.06. The largest absolute Gasteiger partial charge is 0.497 e. The van der Waals surface area contributed by atoms with Crippen molar-refractivity contribution >= 4 is 30.6 Å². The van der Waals surface area contributed by atoms with Crippen LogP contribution in [0.5, 0.6) is 5.75 Å².